The molecule has 2 N–H and O–H groups in total. The third-order valence-corrected chi connectivity index (χ3v) is 11.5. The van der Waals surface area contributed by atoms with Gasteiger partial charge in [-0.1, -0.05) is 60.1 Å². The number of piperazine rings is 1. The number of nitrogens with zero attached hydrogens (tertiary/aromatic N) is 3. The number of benzene rings is 4. The number of carboxylic acids is 1. The highest BCUT2D eigenvalue weighted by atomic mass is 35.5. The summed E-state index contributed by atoms with van der Waals surface area (Å²) >= 11 is 7.47. The molecule has 2 heterocycles. The van der Waals surface area contributed by atoms with E-state index in [2.05, 4.69) is 57.0 Å². The number of aliphatic carboxylic acids is 1. The maximum atomic E-state index is 12.8. The van der Waals surface area contributed by atoms with Crippen LogP contribution in [-0.2, 0) is 40.5 Å². The number of halogens is 2. The third-order valence-electron chi connectivity index (χ3n) is 8.92. The van der Waals surface area contributed by atoms with Crippen LogP contribution < -0.4 is 14.4 Å². The molecule has 1 aliphatic heterocycles. The number of para-hydroxylation sites is 1. The Kier molecular flexibility index (Phi) is 13.7. The quantitative estimate of drug-likeness (QED) is 0.112. The summed E-state index contributed by atoms with van der Waals surface area (Å²) in [7, 11) is -3.68. The molecular weight excluding hydrogens is 727 g/mol. The van der Waals surface area contributed by atoms with E-state index in [4.69, 9.17) is 20.7 Å². The maximum Gasteiger partial charge on any atom is 0.303 e. The number of hydrogen-bond donors (Lipinski definition) is 2. The molecule has 51 heavy (non-hydrogen) atoms. The smallest absolute Gasteiger partial charge is 0.303 e. The van der Waals surface area contributed by atoms with Crippen molar-refractivity contribution in [1.82, 2.24) is 14.0 Å². The van der Waals surface area contributed by atoms with Gasteiger partial charge in [-0.25, -0.2) is 13.1 Å². The van der Waals surface area contributed by atoms with Crippen molar-refractivity contribution in [3.05, 3.63) is 118 Å². The number of anilines is 1. The van der Waals surface area contributed by atoms with Gasteiger partial charge in [0.2, 0.25) is 10.0 Å². The highest BCUT2D eigenvalue weighted by Crippen LogP contribution is 2.30. The Morgan fingerprint density at radius 1 is 0.863 bits per heavy atom. The van der Waals surface area contributed by atoms with Crippen molar-refractivity contribution in [3.8, 4) is 5.75 Å². The van der Waals surface area contributed by atoms with E-state index in [9.17, 15) is 18.3 Å². The van der Waals surface area contributed by atoms with E-state index >= 15 is 0 Å². The first-order chi connectivity index (χ1) is 24.2. The Balaban J connectivity index is 0.00000504. The molecule has 0 amide bonds. The first-order valence-corrected chi connectivity index (χ1v) is 19.5. The fourth-order valence-corrected chi connectivity index (χ4v) is 8.20. The number of aromatic nitrogens is 1. The zero-order valence-electron chi connectivity index (χ0n) is 28.2. The Bertz CT molecular complexity index is 2020. The van der Waals surface area contributed by atoms with Crippen LogP contribution in [0.4, 0.5) is 5.82 Å². The predicted octanol–water partition coefficient (Wildman–Crippen LogP) is 6.90. The molecule has 0 atom stereocenters. The summed E-state index contributed by atoms with van der Waals surface area (Å²) in [5.74, 6) is 1.11. The van der Waals surface area contributed by atoms with Crippen LogP contribution >= 0.6 is 35.5 Å². The van der Waals surface area contributed by atoms with Gasteiger partial charge in [0.15, 0.2) is 0 Å². The van der Waals surface area contributed by atoms with Crippen molar-refractivity contribution in [2.45, 2.75) is 37.0 Å². The lowest BCUT2D eigenvalue weighted by molar-refractivity contribution is -0.136. The SMILES string of the molecule is Cl.O=C(O)CCc1cc(CCNS(=O)(=O)c2ccc(Cl)cc2)cc(CCc2ccccc2OCCN2CCN(c3nsc4ccccc34)CC2)c1. The Labute approximate surface area is 314 Å². The zero-order valence-corrected chi connectivity index (χ0v) is 31.4. The largest absolute Gasteiger partial charge is 0.492 e. The van der Waals surface area contributed by atoms with Crippen molar-refractivity contribution in [2.75, 3.05) is 50.8 Å². The second kappa shape index (κ2) is 18.2. The van der Waals surface area contributed by atoms with Crippen molar-refractivity contribution in [1.29, 1.82) is 0 Å². The normalized spacial score (nSPS) is 13.6. The molecule has 1 aliphatic rings. The highest BCUT2D eigenvalue weighted by molar-refractivity contribution is 7.89. The maximum absolute atomic E-state index is 12.8. The minimum Gasteiger partial charge on any atom is -0.492 e. The molecule has 0 aliphatic carbocycles. The number of carboxylic acid groups (broad SMARTS) is 1. The Morgan fingerprint density at radius 2 is 1.53 bits per heavy atom. The number of ether oxygens (including phenoxy) is 1. The second-order valence-electron chi connectivity index (χ2n) is 12.4. The zero-order chi connectivity index (χ0) is 34.9. The number of carbonyl (C=O) groups is 1. The fraction of sp³-hybridized carbons (Fsp3) is 0.316. The van der Waals surface area contributed by atoms with Gasteiger partial charge in [0.25, 0.3) is 0 Å². The van der Waals surface area contributed by atoms with Gasteiger partial charge in [-0.15, -0.1) is 12.4 Å². The molecular formula is C38H42Cl2N4O5S2. The van der Waals surface area contributed by atoms with Crippen LogP contribution in [0.15, 0.2) is 95.9 Å². The summed E-state index contributed by atoms with van der Waals surface area (Å²) in [6.07, 6.45) is 2.38. The molecule has 1 saturated heterocycles. The van der Waals surface area contributed by atoms with Gasteiger partial charge in [-0.05, 0) is 102 Å². The van der Waals surface area contributed by atoms with E-state index < -0.39 is 16.0 Å². The number of nitrogens with one attached hydrogen (secondary N) is 1. The van der Waals surface area contributed by atoms with E-state index in [0.717, 1.165) is 79.4 Å². The van der Waals surface area contributed by atoms with Crippen molar-refractivity contribution in [3.63, 3.8) is 0 Å². The fourth-order valence-electron chi connectivity index (χ4n) is 6.25. The van der Waals surface area contributed by atoms with Crippen molar-refractivity contribution < 1.29 is 23.1 Å². The highest BCUT2D eigenvalue weighted by Gasteiger charge is 2.21. The average molecular weight is 770 g/mol. The van der Waals surface area contributed by atoms with Crippen LogP contribution in [0.5, 0.6) is 5.75 Å². The van der Waals surface area contributed by atoms with E-state index in [0.29, 0.717) is 24.5 Å². The van der Waals surface area contributed by atoms with Gasteiger partial charge in [-0.2, -0.15) is 4.37 Å². The monoisotopic (exact) mass is 768 g/mol. The van der Waals surface area contributed by atoms with Crippen LogP contribution in [0.1, 0.15) is 28.7 Å². The minimum absolute atomic E-state index is 0. The third kappa shape index (κ3) is 10.7. The molecule has 5 aromatic rings. The molecule has 9 nitrogen and oxygen atoms in total. The van der Waals surface area contributed by atoms with E-state index in [1.165, 1.54) is 22.2 Å². The lowest BCUT2D eigenvalue weighted by Gasteiger charge is -2.35. The summed E-state index contributed by atoms with van der Waals surface area (Å²) < 4.78 is 40.5. The molecule has 1 fully saturated rings. The van der Waals surface area contributed by atoms with Gasteiger partial charge in [-0.3, -0.25) is 9.69 Å². The number of hydrogen-bond acceptors (Lipinski definition) is 8. The molecule has 0 saturated carbocycles. The lowest BCUT2D eigenvalue weighted by atomic mass is 9.96. The van der Waals surface area contributed by atoms with Crippen molar-refractivity contribution in [2.24, 2.45) is 0 Å². The van der Waals surface area contributed by atoms with Gasteiger partial charge < -0.3 is 14.7 Å². The molecule has 0 unspecified atom stereocenters. The molecule has 13 heteroatoms. The molecule has 0 radical (unpaired) electrons. The Hall–Kier alpha value is -3.71. The summed E-state index contributed by atoms with van der Waals surface area (Å²) in [6, 6.07) is 28.7. The van der Waals surface area contributed by atoms with Crippen LogP contribution in [0, 0.1) is 0 Å². The van der Waals surface area contributed by atoms with E-state index in [1.807, 2.05) is 24.3 Å². The standard InChI is InChI=1S/C38H41ClN4O5S2.ClH/c39-32-12-14-33(15-13-32)50(46,47)40-18-17-30-26-28(25-29(27-30)10-16-37(44)45)9-11-31-5-1-3-7-35(31)48-24-23-42-19-21-43(22-20-42)38-34-6-2-4-8-36(34)49-41-38;/h1-8,12-15,25-27,40H,9-11,16-24H2,(H,44,45);1H. The summed E-state index contributed by atoms with van der Waals surface area (Å²) in [4.78, 5) is 16.3. The number of rotatable bonds is 16. The first-order valence-electron chi connectivity index (χ1n) is 16.8. The van der Waals surface area contributed by atoms with Gasteiger partial charge >= 0.3 is 5.97 Å². The van der Waals surface area contributed by atoms with Gasteiger partial charge in [0.05, 0.1) is 9.60 Å². The molecule has 0 bridgehead atoms. The number of aryl methyl sites for hydroxylation is 3. The first kappa shape index (κ1) is 38.5. The topological polar surface area (TPSA) is 112 Å². The summed E-state index contributed by atoms with van der Waals surface area (Å²) in [5, 5.41) is 11.0. The average Bonchev–Trinajstić information content (AvgIpc) is 3.55. The van der Waals surface area contributed by atoms with Crippen molar-refractivity contribution >= 4 is 67.4 Å². The molecule has 6 rings (SSSR count). The van der Waals surface area contributed by atoms with Crippen LogP contribution in [0.25, 0.3) is 10.1 Å². The predicted molar refractivity (Wildman–Crippen MR) is 208 cm³/mol. The molecule has 1 aromatic heterocycles. The van der Waals surface area contributed by atoms with Gasteiger partial charge in [0, 0.05) is 56.1 Å². The summed E-state index contributed by atoms with van der Waals surface area (Å²) in [6.45, 7) is 5.44. The lowest BCUT2D eigenvalue weighted by Crippen LogP contribution is -2.47. The van der Waals surface area contributed by atoms with E-state index in [-0.39, 0.29) is 30.3 Å². The van der Waals surface area contributed by atoms with E-state index in [1.54, 1.807) is 23.7 Å². The number of fused-ring (bicyclic) bond motifs is 1. The summed E-state index contributed by atoms with van der Waals surface area (Å²) in [5.41, 5.74) is 4.06. The number of sulfonamides is 1. The van der Waals surface area contributed by atoms with Crippen LogP contribution in [-0.4, -0.2) is 74.6 Å². The molecule has 270 valence electrons. The Morgan fingerprint density at radius 3 is 2.27 bits per heavy atom. The minimum atomic E-state index is -3.68. The molecule has 0 spiro atoms. The van der Waals surface area contributed by atoms with Crippen LogP contribution in [0.2, 0.25) is 5.02 Å². The second-order valence-corrected chi connectivity index (χ2v) is 15.4. The van der Waals surface area contributed by atoms with Gasteiger partial charge in [0.1, 0.15) is 18.2 Å². The van der Waals surface area contributed by atoms with Crippen LogP contribution in [0.3, 0.4) is 0 Å². The molecule has 4 aromatic carbocycles.